The van der Waals surface area contributed by atoms with Gasteiger partial charge in [0.05, 0.1) is 19.2 Å². The minimum Gasteiger partial charge on any atom is -0.496 e. The number of furan rings is 1. The van der Waals surface area contributed by atoms with Crippen LogP contribution in [0, 0.1) is 17.0 Å². The van der Waals surface area contributed by atoms with Gasteiger partial charge in [0.1, 0.15) is 10.7 Å². The predicted octanol–water partition coefficient (Wildman–Crippen LogP) is 3.00. The lowest BCUT2D eigenvalue weighted by atomic mass is 10.0. The number of carbonyl (C=O) groups excluding carboxylic acids is 1. The summed E-state index contributed by atoms with van der Waals surface area (Å²) in [5.74, 6) is -0.441. The van der Waals surface area contributed by atoms with Crippen LogP contribution in [0.4, 0.5) is 5.88 Å². The van der Waals surface area contributed by atoms with Crippen molar-refractivity contribution in [1.29, 1.82) is 0 Å². The fourth-order valence-corrected chi connectivity index (χ4v) is 2.09. The number of nitrogens with zero attached hydrogens (tertiary/aromatic N) is 1. The van der Waals surface area contributed by atoms with Crippen molar-refractivity contribution < 1.29 is 18.9 Å². The first-order valence-corrected chi connectivity index (χ1v) is 6.62. The van der Waals surface area contributed by atoms with Crippen molar-refractivity contribution in [2.75, 3.05) is 7.11 Å². The highest BCUT2D eigenvalue weighted by atomic mass is 16.6. The molecule has 0 aliphatic rings. The Morgan fingerprint density at radius 3 is 2.68 bits per heavy atom. The van der Waals surface area contributed by atoms with Gasteiger partial charge in [-0.05, 0) is 26.0 Å². The van der Waals surface area contributed by atoms with Crippen LogP contribution in [-0.2, 0) is 0 Å². The first kappa shape index (κ1) is 15.6. The first-order chi connectivity index (χ1) is 10.4. The molecule has 0 fully saturated rings. The molecule has 1 heterocycles. The minimum atomic E-state index is -0.691. The summed E-state index contributed by atoms with van der Waals surface area (Å²) in [6.45, 7) is 3.74. The van der Waals surface area contributed by atoms with Gasteiger partial charge in [0.2, 0.25) is 0 Å². The normalized spacial score (nSPS) is 11.8. The first-order valence-electron chi connectivity index (χ1n) is 6.62. The fraction of sp³-hybridized carbons (Fsp3) is 0.267. The maximum atomic E-state index is 12.1. The highest BCUT2D eigenvalue weighted by molar-refractivity contribution is 5.92. The van der Waals surface area contributed by atoms with Crippen molar-refractivity contribution in [3.05, 3.63) is 57.3 Å². The molecule has 1 atom stereocenters. The van der Waals surface area contributed by atoms with Gasteiger partial charge in [0.25, 0.3) is 5.91 Å². The van der Waals surface area contributed by atoms with Crippen LogP contribution in [0.15, 0.2) is 34.7 Å². The van der Waals surface area contributed by atoms with Gasteiger partial charge >= 0.3 is 5.88 Å². The third-order valence-corrected chi connectivity index (χ3v) is 3.19. The van der Waals surface area contributed by atoms with E-state index in [1.807, 2.05) is 25.1 Å². The summed E-state index contributed by atoms with van der Waals surface area (Å²) in [7, 11) is 1.55. The molecule has 0 spiro atoms. The average Bonchev–Trinajstić information content (AvgIpc) is 2.97. The minimum absolute atomic E-state index is 0.106. The largest absolute Gasteiger partial charge is 0.496 e. The molecule has 1 unspecified atom stereocenters. The van der Waals surface area contributed by atoms with Gasteiger partial charge in [-0.2, -0.15) is 0 Å². The molecule has 116 valence electrons. The van der Waals surface area contributed by atoms with Crippen molar-refractivity contribution >= 4 is 11.8 Å². The van der Waals surface area contributed by atoms with E-state index in [2.05, 4.69) is 5.32 Å². The fourth-order valence-electron chi connectivity index (χ4n) is 2.09. The number of amides is 1. The lowest BCUT2D eigenvalue weighted by Gasteiger charge is -2.17. The molecule has 1 amide bonds. The van der Waals surface area contributed by atoms with Crippen LogP contribution in [0.5, 0.6) is 5.75 Å². The lowest BCUT2D eigenvalue weighted by molar-refractivity contribution is -0.402. The molecule has 0 saturated heterocycles. The Morgan fingerprint density at radius 2 is 2.09 bits per heavy atom. The van der Waals surface area contributed by atoms with E-state index in [4.69, 9.17) is 9.15 Å². The van der Waals surface area contributed by atoms with E-state index >= 15 is 0 Å². The Kier molecular flexibility index (Phi) is 4.45. The second-order valence-electron chi connectivity index (χ2n) is 4.84. The van der Waals surface area contributed by atoms with E-state index in [0.717, 1.165) is 17.2 Å². The Labute approximate surface area is 127 Å². The van der Waals surface area contributed by atoms with E-state index in [-0.39, 0.29) is 11.8 Å². The predicted molar refractivity (Wildman–Crippen MR) is 79.0 cm³/mol. The van der Waals surface area contributed by atoms with Crippen LogP contribution >= 0.6 is 0 Å². The number of carbonyl (C=O) groups is 1. The standard InChI is InChI=1S/C15H16N2O5/c1-9-4-5-12(21-3)11(8-9)10(2)16-15(18)13-6-7-14(22-13)17(19)20/h4-8,10H,1-3H3,(H,16,18). The molecular weight excluding hydrogens is 288 g/mol. The van der Waals surface area contributed by atoms with Crippen LogP contribution in [0.1, 0.15) is 34.6 Å². The topological polar surface area (TPSA) is 94.6 Å². The zero-order valence-electron chi connectivity index (χ0n) is 12.5. The summed E-state index contributed by atoms with van der Waals surface area (Å²) in [6, 6.07) is 7.72. The molecule has 1 N–H and O–H groups in total. The van der Waals surface area contributed by atoms with E-state index in [1.54, 1.807) is 14.0 Å². The van der Waals surface area contributed by atoms with Gasteiger partial charge in [-0.3, -0.25) is 14.9 Å². The quantitative estimate of drug-likeness (QED) is 0.676. The van der Waals surface area contributed by atoms with Crippen LogP contribution in [0.2, 0.25) is 0 Å². The van der Waals surface area contributed by atoms with Gasteiger partial charge in [0, 0.05) is 5.56 Å². The van der Waals surface area contributed by atoms with Crippen molar-refractivity contribution in [3.63, 3.8) is 0 Å². The molecule has 0 aliphatic heterocycles. The number of hydrogen-bond donors (Lipinski definition) is 1. The van der Waals surface area contributed by atoms with E-state index < -0.39 is 16.7 Å². The Morgan fingerprint density at radius 1 is 1.36 bits per heavy atom. The molecule has 0 radical (unpaired) electrons. The van der Waals surface area contributed by atoms with E-state index in [9.17, 15) is 14.9 Å². The number of nitro groups is 1. The molecule has 1 aromatic carbocycles. The Bertz CT molecular complexity index is 708. The second kappa shape index (κ2) is 6.30. The zero-order valence-corrected chi connectivity index (χ0v) is 12.5. The second-order valence-corrected chi connectivity index (χ2v) is 4.84. The summed E-state index contributed by atoms with van der Waals surface area (Å²) in [4.78, 5) is 22.0. The molecule has 2 aromatic rings. The van der Waals surface area contributed by atoms with Gasteiger partial charge in [-0.1, -0.05) is 17.7 Å². The third-order valence-electron chi connectivity index (χ3n) is 3.19. The number of nitrogens with one attached hydrogen (secondary N) is 1. The van der Waals surface area contributed by atoms with Crippen molar-refractivity contribution in [2.45, 2.75) is 19.9 Å². The summed E-state index contributed by atoms with van der Waals surface area (Å²) in [5, 5.41) is 13.3. The average molecular weight is 304 g/mol. The van der Waals surface area contributed by atoms with Crippen LogP contribution < -0.4 is 10.1 Å². The number of aryl methyl sites for hydroxylation is 1. The van der Waals surface area contributed by atoms with Crippen molar-refractivity contribution in [3.8, 4) is 5.75 Å². The lowest BCUT2D eigenvalue weighted by Crippen LogP contribution is -2.26. The Hall–Kier alpha value is -2.83. The monoisotopic (exact) mass is 304 g/mol. The van der Waals surface area contributed by atoms with Gasteiger partial charge in [-0.15, -0.1) is 0 Å². The highest BCUT2D eigenvalue weighted by Gasteiger charge is 2.20. The molecule has 1 aromatic heterocycles. The van der Waals surface area contributed by atoms with E-state index in [1.165, 1.54) is 6.07 Å². The highest BCUT2D eigenvalue weighted by Crippen LogP contribution is 2.26. The number of benzene rings is 1. The molecule has 7 heteroatoms. The summed E-state index contributed by atoms with van der Waals surface area (Å²) >= 11 is 0. The molecular formula is C15H16N2O5. The molecule has 0 aliphatic carbocycles. The van der Waals surface area contributed by atoms with Crippen molar-refractivity contribution in [2.24, 2.45) is 0 Å². The van der Waals surface area contributed by atoms with Crippen molar-refractivity contribution in [1.82, 2.24) is 5.32 Å². The molecule has 0 saturated carbocycles. The van der Waals surface area contributed by atoms with Gasteiger partial charge in [0.15, 0.2) is 5.76 Å². The SMILES string of the molecule is COc1ccc(C)cc1C(C)NC(=O)c1ccc([N+](=O)[O-])o1. The Balaban J connectivity index is 2.17. The van der Waals surface area contributed by atoms with Gasteiger partial charge < -0.3 is 14.5 Å². The number of hydrogen-bond acceptors (Lipinski definition) is 5. The number of ether oxygens (including phenoxy) is 1. The molecule has 0 bridgehead atoms. The van der Waals surface area contributed by atoms with Gasteiger partial charge in [-0.25, -0.2) is 0 Å². The summed E-state index contributed by atoms with van der Waals surface area (Å²) in [6.07, 6.45) is 0. The molecule has 7 nitrogen and oxygen atoms in total. The van der Waals surface area contributed by atoms with Crippen LogP contribution in [0.25, 0.3) is 0 Å². The zero-order chi connectivity index (χ0) is 16.3. The van der Waals surface area contributed by atoms with Crippen LogP contribution in [0.3, 0.4) is 0 Å². The maximum absolute atomic E-state index is 12.1. The number of methoxy groups -OCH3 is 1. The van der Waals surface area contributed by atoms with E-state index in [0.29, 0.717) is 5.75 Å². The maximum Gasteiger partial charge on any atom is 0.433 e. The molecule has 22 heavy (non-hydrogen) atoms. The summed E-state index contributed by atoms with van der Waals surface area (Å²) < 4.78 is 10.2. The third kappa shape index (κ3) is 3.25. The van der Waals surface area contributed by atoms with Crippen LogP contribution in [-0.4, -0.2) is 17.9 Å². The smallest absolute Gasteiger partial charge is 0.433 e. The number of rotatable bonds is 5. The molecule has 2 rings (SSSR count). The summed E-state index contributed by atoms with van der Waals surface area (Å²) in [5.41, 5.74) is 1.85.